The number of rotatable bonds is 25. The number of unbranched alkanes of at least 4 members (excludes halogenated alkanes) is 1. The molecule has 8 amide bonds. The average molecular weight is 1460 g/mol. The lowest BCUT2D eigenvalue weighted by atomic mass is 9.76. The molecule has 1 aromatic heterocycles. The first-order valence-corrected chi connectivity index (χ1v) is 36.5. The molecule has 550 valence electrons. The number of phenols is 1. The number of ketones is 1. The number of amides is 8. The van der Waals surface area contributed by atoms with Gasteiger partial charge in [0.1, 0.15) is 83.7 Å². The number of carboxylic acid groups (broad SMARTS) is 1. The molecule has 1 aliphatic carbocycles. The molecule has 4 aromatic rings. The highest BCUT2D eigenvalue weighted by molar-refractivity contribution is 8.76. The van der Waals surface area contributed by atoms with Crippen LogP contribution in [0.1, 0.15) is 89.8 Å². The maximum absolute atomic E-state index is 15.3. The van der Waals surface area contributed by atoms with Gasteiger partial charge in [0.25, 0.3) is 0 Å². The topological polar surface area (TPSA) is 486 Å². The number of aromatic hydroxyl groups is 1. The maximum atomic E-state index is 15.3. The smallest absolute Gasteiger partial charge is 0.328 e. The van der Waals surface area contributed by atoms with E-state index >= 15 is 14.4 Å². The van der Waals surface area contributed by atoms with Crippen LogP contribution in [-0.4, -0.2) is 236 Å². The number of nitrogens with one attached hydrogen (secondary N) is 9. The Morgan fingerprint density at radius 1 is 0.733 bits per heavy atom. The quantitative estimate of drug-likeness (QED) is 0.0232. The van der Waals surface area contributed by atoms with E-state index in [2.05, 4.69) is 52.5 Å². The number of carbonyl (C=O) groups is 10. The van der Waals surface area contributed by atoms with Crippen molar-refractivity contribution in [3.05, 3.63) is 113 Å². The van der Waals surface area contributed by atoms with Crippen LogP contribution in [0.5, 0.6) is 5.75 Å². The lowest BCUT2D eigenvalue weighted by Gasteiger charge is -2.39. The summed E-state index contributed by atoms with van der Waals surface area (Å²) in [5, 5.41) is 115. The first kappa shape index (κ1) is 80.2. The molecule has 2 aliphatic heterocycles. The molecule has 0 radical (unpaired) electrons. The lowest BCUT2D eigenvalue weighted by molar-refractivity contribution is -0.205. The maximum Gasteiger partial charge on any atom is 0.328 e. The van der Waals surface area contributed by atoms with Crippen LogP contribution >= 0.6 is 33.3 Å². The number of aliphatic hydroxyl groups is 7. The van der Waals surface area contributed by atoms with Crippen LogP contribution in [0, 0.1) is 5.41 Å². The number of aliphatic carboxylic acids is 1. The predicted octanol–water partition coefficient (Wildman–Crippen LogP) is -0.223. The van der Waals surface area contributed by atoms with E-state index in [-0.39, 0.29) is 93.0 Å². The lowest BCUT2D eigenvalue weighted by Crippen LogP contribution is -2.62. The van der Waals surface area contributed by atoms with E-state index in [1.807, 2.05) is 13.8 Å². The number of hydrogen-bond acceptors (Lipinski definition) is 23. The summed E-state index contributed by atoms with van der Waals surface area (Å²) in [6.45, 7) is 6.95. The third kappa shape index (κ3) is 23.2. The summed E-state index contributed by atoms with van der Waals surface area (Å²) in [7, 11) is 1.65. The van der Waals surface area contributed by atoms with E-state index in [1.165, 1.54) is 24.3 Å². The Labute approximate surface area is 594 Å². The molecule has 0 saturated carbocycles. The van der Waals surface area contributed by atoms with E-state index in [1.54, 1.807) is 67.7 Å². The molecule has 0 bridgehead atoms. The van der Waals surface area contributed by atoms with Crippen molar-refractivity contribution in [1.82, 2.24) is 47.5 Å². The van der Waals surface area contributed by atoms with Gasteiger partial charge in [0.15, 0.2) is 11.8 Å². The van der Waals surface area contributed by atoms with Crippen molar-refractivity contribution < 1.29 is 98.6 Å². The molecular weight excluding hydrogens is 1370 g/mol. The number of aromatic amines is 1. The highest BCUT2D eigenvalue weighted by Crippen LogP contribution is 2.36. The number of carboxylic acids is 1. The van der Waals surface area contributed by atoms with Crippen molar-refractivity contribution in [1.29, 1.82) is 0 Å². The monoisotopic (exact) mass is 1460 g/mol. The number of ether oxygens (including phenoxy) is 1. The Hall–Kier alpha value is -8.12. The number of fused-ring (bicyclic) bond motifs is 1. The molecule has 33 heteroatoms. The Morgan fingerprint density at radius 3 is 2.04 bits per heavy atom. The number of nitrogens with zero attached hydrogens (tertiary/aromatic N) is 1. The number of aliphatic imine (C=N–C) groups is 1. The third-order valence-electron chi connectivity index (χ3n) is 17.2. The molecule has 18 N–H and O–H groups in total. The number of Topliss-reactive ketones (excluding diaryl/α,β-unsaturated/α-hetero) is 1. The largest absolute Gasteiger partial charge is 0.511 e. The SMILES string of the molecule is CC(=NCCCC[C@@H]1NC(=O)[C@@H](Cc2c[nH]c3ccccc23)NC(=O)[C@H](Cc2ccc(O)cc2)NC(=O)[C@@H](NC(=O)[C@@H](Cc2ccccc2)NC(=O)CCS[C@@H]2O[C@H](CO)[C@@H](O)[C@H](O)[C@H]2O)CSSC[C@@H](C(=O)N[C@@H](C(=O)O)[C@@H](C)O)NC(=O)[C@H]([C@@H](C)O)NC1=O)C1=C(O)CC(C)(C)CC1=O. The molecule has 101 heavy (non-hydrogen) atoms. The summed E-state index contributed by atoms with van der Waals surface area (Å²) < 4.78 is 5.57. The number of benzene rings is 3. The van der Waals surface area contributed by atoms with Gasteiger partial charge in [-0.05, 0) is 80.3 Å². The zero-order chi connectivity index (χ0) is 73.8. The van der Waals surface area contributed by atoms with Gasteiger partial charge in [0.2, 0.25) is 47.3 Å². The van der Waals surface area contributed by atoms with Crippen molar-refractivity contribution in [3.8, 4) is 5.75 Å². The number of para-hydroxylation sites is 1. The van der Waals surface area contributed by atoms with Crippen LogP contribution in [0.15, 0.2) is 101 Å². The Kier molecular flexibility index (Phi) is 29.9. The fourth-order valence-electron chi connectivity index (χ4n) is 11.6. The molecule has 0 spiro atoms. The number of H-pyrrole nitrogens is 1. The molecule has 2 saturated heterocycles. The first-order chi connectivity index (χ1) is 47.9. The number of carbonyl (C=O) groups excluding carboxylic acids is 9. The second-order valence-corrected chi connectivity index (χ2v) is 29.7. The van der Waals surface area contributed by atoms with E-state index in [0.717, 1.165) is 47.2 Å². The summed E-state index contributed by atoms with van der Waals surface area (Å²) in [6, 6.07) is 7.73. The summed E-state index contributed by atoms with van der Waals surface area (Å²) in [4.78, 5) is 151. The number of thioether (sulfide) groups is 1. The second kappa shape index (κ2) is 37.7. The van der Waals surface area contributed by atoms with Gasteiger partial charge in [0, 0.05) is 85.1 Å². The molecule has 3 aliphatic rings. The van der Waals surface area contributed by atoms with Crippen LogP contribution in [0.3, 0.4) is 0 Å². The molecule has 30 nitrogen and oxygen atoms in total. The Bertz CT molecular complexity index is 3630. The third-order valence-corrected chi connectivity index (χ3v) is 20.7. The van der Waals surface area contributed by atoms with Crippen molar-refractivity contribution >= 4 is 109 Å². The van der Waals surface area contributed by atoms with Gasteiger partial charge in [-0.25, -0.2) is 4.79 Å². The summed E-state index contributed by atoms with van der Waals surface area (Å²) in [5.41, 5.74) is 0.875. The summed E-state index contributed by atoms with van der Waals surface area (Å²) in [5.74, 6) is -11.1. The highest BCUT2D eigenvalue weighted by atomic mass is 33.1. The molecule has 3 heterocycles. The molecule has 3 aromatic carbocycles. The molecule has 15 atom stereocenters. The average Bonchev–Trinajstić information content (AvgIpc) is 1.78. The standard InChI is InChI=1S/C68H90N10O20S3/c1-34(53-49(83)28-68(4,5)29-50(53)84)69-23-12-11-17-43-59(89)77-54(35(2)80)65(95)76-48(64(94)78-55(36(3)81)66(96)97)33-101-100-32-47(75-60(90)44(25-37-13-7-6-8-14-37)71-52(85)22-24-99-67-58(88)57(87)56(86)51(31-79)98-67)63(93)73-45(26-38-18-20-40(82)21-19-38)61(91)74-46(62(92)72-43)27-39-30-70-42-16-10-9-15-41(39)42/h6-10,13-16,18-21,30,35-36,43-48,51,54-58,67,70,79-83,86-88H,11-12,17,22-29,31-33H2,1-5H3,(H,71,85)(H,72,92)(H,73,93)(H,74,91)(H,75,90)(H,76,95)(H,77,89)(H,78,94)(H,96,97)/t35-,36-,43+,44-,45+,46-,47+,48+,51-,54+,55-,56-,57+,58-,67+/m1/s1. The van der Waals surface area contributed by atoms with E-state index < -0.39 is 167 Å². The van der Waals surface area contributed by atoms with E-state index in [4.69, 9.17) is 4.74 Å². The summed E-state index contributed by atoms with van der Waals surface area (Å²) >= 11 is 0.894. The van der Waals surface area contributed by atoms with Gasteiger partial charge in [-0.2, -0.15) is 0 Å². The Balaban J connectivity index is 1.26. The van der Waals surface area contributed by atoms with Crippen LogP contribution in [0.4, 0.5) is 0 Å². The van der Waals surface area contributed by atoms with Crippen molar-refractivity contribution in [2.75, 3.05) is 30.4 Å². The van der Waals surface area contributed by atoms with Crippen LogP contribution in [-0.2, 0) is 71.9 Å². The zero-order valence-electron chi connectivity index (χ0n) is 56.3. The molecular formula is C68H90N10O20S3. The minimum Gasteiger partial charge on any atom is -0.511 e. The number of hydrogen-bond donors (Lipinski definition) is 18. The van der Waals surface area contributed by atoms with E-state index in [9.17, 15) is 79.5 Å². The van der Waals surface area contributed by atoms with Gasteiger partial charge in [-0.15, -0.1) is 11.8 Å². The number of aliphatic hydroxyl groups excluding tert-OH is 7. The van der Waals surface area contributed by atoms with Crippen molar-refractivity contribution in [3.63, 3.8) is 0 Å². The second-order valence-electron chi connectivity index (χ2n) is 26.0. The first-order valence-electron chi connectivity index (χ1n) is 32.9. The predicted molar refractivity (Wildman–Crippen MR) is 376 cm³/mol. The Morgan fingerprint density at radius 2 is 1.38 bits per heavy atom. The van der Waals surface area contributed by atoms with Gasteiger partial charge in [-0.3, -0.25) is 48.1 Å². The minimum atomic E-state index is -1.92. The van der Waals surface area contributed by atoms with E-state index in [0.29, 0.717) is 33.3 Å². The van der Waals surface area contributed by atoms with Gasteiger partial charge in [-0.1, -0.05) is 96.1 Å². The number of aromatic nitrogens is 1. The zero-order valence-corrected chi connectivity index (χ0v) is 58.8. The van der Waals surface area contributed by atoms with Crippen molar-refractivity contribution in [2.24, 2.45) is 10.4 Å². The highest BCUT2D eigenvalue weighted by Gasteiger charge is 2.44. The van der Waals surface area contributed by atoms with Gasteiger partial charge in [0.05, 0.1) is 24.4 Å². The van der Waals surface area contributed by atoms with Crippen molar-refractivity contribution in [2.45, 2.75) is 183 Å². The fraction of sp³-hybridized carbons (Fsp3) is 0.515. The molecule has 2 fully saturated rings. The van der Waals surface area contributed by atoms with Crippen LogP contribution < -0.4 is 42.5 Å². The molecule has 0 unspecified atom stereocenters. The number of phenolic OH excluding ortho intramolecular Hbond substituents is 1. The normalized spacial score (nSPS) is 25.8. The minimum absolute atomic E-state index is 0.0702. The summed E-state index contributed by atoms with van der Waals surface area (Å²) in [6.07, 6.45) is -8.33. The molecule has 7 rings (SSSR count). The van der Waals surface area contributed by atoms with Crippen LogP contribution in [0.2, 0.25) is 0 Å². The van der Waals surface area contributed by atoms with Crippen LogP contribution in [0.25, 0.3) is 10.9 Å². The fourth-order valence-corrected chi connectivity index (χ4v) is 15.1. The van der Waals surface area contributed by atoms with Gasteiger partial charge >= 0.3 is 5.97 Å². The van der Waals surface area contributed by atoms with Gasteiger partial charge < -0.3 is 98.2 Å². The number of allylic oxidation sites excluding steroid dienone is 2.